The number of anilines is 3. The fourth-order valence-electron chi connectivity index (χ4n) is 8.34. The Morgan fingerprint density at radius 2 is 1.02 bits per heavy atom. The van der Waals surface area contributed by atoms with E-state index in [0.717, 1.165) is 55.3 Å². The van der Waals surface area contributed by atoms with Gasteiger partial charge in [0.05, 0.1) is 2.74 Å². The highest BCUT2D eigenvalue weighted by molar-refractivity contribution is 6.16. The van der Waals surface area contributed by atoms with Gasteiger partial charge in [0, 0.05) is 22.5 Å². The zero-order valence-corrected chi connectivity index (χ0v) is 29.2. The average Bonchev–Trinajstić information content (AvgIpc) is 3.46. The predicted molar refractivity (Wildman–Crippen MR) is 224 cm³/mol. The second kappa shape index (κ2) is 11.8. The van der Waals surface area contributed by atoms with E-state index in [1.165, 1.54) is 38.2 Å². The van der Waals surface area contributed by atoms with E-state index >= 15 is 0 Å². The Morgan fingerprint density at radius 1 is 0.423 bits per heavy atom. The third kappa shape index (κ3) is 4.93. The number of nitrogens with zero attached hydrogens (tertiary/aromatic N) is 1. The van der Waals surface area contributed by atoms with Crippen molar-refractivity contribution in [2.75, 3.05) is 4.90 Å². The van der Waals surface area contributed by atoms with Crippen LogP contribution in [0.25, 0.3) is 66.3 Å². The summed E-state index contributed by atoms with van der Waals surface area (Å²) in [6.45, 7) is 4.65. The lowest BCUT2D eigenvalue weighted by Crippen LogP contribution is -2.15. The van der Waals surface area contributed by atoms with Crippen molar-refractivity contribution in [2.24, 2.45) is 0 Å². The van der Waals surface area contributed by atoms with E-state index in [4.69, 9.17) is 2.74 Å². The molecule has 0 bridgehead atoms. The number of fused-ring (bicyclic) bond motifs is 3. The van der Waals surface area contributed by atoms with Crippen LogP contribution in [-0.4, -0.2) is 0 Å². The molecule has 0 heterocycles. The van der Waals surface area contributed by atoms with Crippen LogP contribution in [0.1, 0.15) is 38.8 Å². The lowest BCUT2D eigenvalue weighted by atomic mass is 9.81. The minimum Gasteiger partial charge on any atom is -0.310 e. The molecule has 0 aliphatic heterocycles. The molecule has 9 aromatic rings. The quantitative estimate of drug-likeness (QED) is 0.126. The third-order valence-electron chi connectivity index (χ3n) is 11.0. The van der Waals surface area contributed by atoms with E-state index in [-0.39, 0.29) is 17.5 Å². The molecule has 0 saturated carbocycles. The molecule has 0 spiro atoms. The minimum absolute atomic E-state index is 0.0738. The molecule has 0 radical (unpaired) electrons. The fraction of sp³-hybridized carbons (Fsp3) is 0.0588. The highest BCUT2D eigenvalue weighted by Gasteiger charge is 2.34. The first kappa shape index (κ1) is 28.3. The van der Waals surface area contributed by atoms with Gasteiger partial charge < -0.3 is 4.90 Å². The maximum atomic E-state index is 9.08. The molecule has 10 rings (SSSR count). The van der Waals surface area contributed by atoms with Crippen LogP contribution in [0.5, 0.6) is 0 Å². The van der Waals surface area contributed by atoms with Crippen LogP contribution in [-0.2, 0) is 5.41 Å². The van der Waals surface area contributed by atoms with Gasteiger partial charge in [-0.3, -0.25) is 0 Å². The second-order valence-corrected chi connectivity index (χ2v) is 14.5. The lowest BCUT2D eigenvalue weighted by molar-refractivity contribution is 0.663. The first-order chi connectivity index (χ1) is 26.3. The summed E-state index contributed by atoms with van der Waals surface area (Å²) in [5, 5.41) is 9.80. The molecule has 0 unspecified atom stereocenters. The Kier molecular flexibility index (Phi) is 6.43. The Bertz CT molecular complexity index is 2920. The number of benzene rings is 9. The molecule has 0 fully saturated rings. The van der Waals surface area contributed by atoms with E-state index in [1.807, 2.05) is 36.4 Å². The second-order valence-electron chi connectivity index (χ2n) is 14.5. The zero-order valence-electron chi connectivity index (χ0n) is 31.2. The zero-order chi connectivity index (χ0) is 36.6. The third-order valence-corrected chi connectivity index (χ3v) is 11.0. The largest absolute Gasteiger partial charge is 0.310 e. The van der Waals surface area contributed by atoms with Crippen LogP contribution in [0.15, 0.2) is 176 Å². The van der Waals surface area contributed by atoms with Crippen molar-refractivity contribution < 1.29 is 2.74 Å². The minimum atomic E-state index is -0.0738. The normalized spacial score (nSPS) is 14.2. The first-order valence-corrected chi connectivity index (χ1v) is 18.0. The molecule has 0 amide bonds. The van der Waals surface area contributed by atoms with Crippen molar-refractivity contribution in [3.05, 3.63) is 198 Å². The molecule has 1 nitrogen and oxygen atoms in total. The van der Waals surface area contributed by atoms with Gasteiger partial charge in [0.25, 0.3) is 0 Å². The number of rotatable bonds is 6. The summed E-state index contributed by atoms with van der Waals surface area (Å²) in [5.41, 5.74) is 9.74. The maximum absolute atomic E-state index is 9.08. The van der Waals surface area contributed by atoms with E-state index in [0.29, 0.717) is 0 Å². The van der Waals surface area contributed by atoms with Gasteiger partial charge in [-0.25, -0.2) is 0 Å². The molecule has 0 saturated heterocycles. The predicted octanol–water partition coefficient (Wildman–Crippen LogP) is 14.2. The summed E-state index contributed by atoms with van der Waals surface area (Å²) in [6.07, 6.45) is 0. The van der Waals surface area contributed by atoms with Gasteiger partial charge in [-0.15, -0.1) is 0 Å². The van der Waals surface area contributed by atoms with Gasteiger partial charge in [0.15, 0.2) is 0 Å². The molecule has 0 N–H and O–H groups in total. The van der Waals surface area contributed by atoms with Gasteiger partial charge in [0.2, 0.25) is 0 Å². The van der Waals surface area contributed by atoms with Crippen molar-refractivity contribution in [3.8, 4) is 11.1 Å². The Balaban J connectivity index is 0.964. The smallest absolute Gasteiger partial charge is 0.0629 e. The van der Waals surface area contributed by atoms with E-state index in [9.17, 15) is 0 Å². The molecule has 0 atom stereocenters. The molecule has 1 aliphatic rings. The van der Waals surface area contributed by atoms with Crippen molar-refractivity contribution in [1.82, 2.24) is 0 Å². The Morgan fingerprint density at radius 3 is 1.75 bits per heavy atom. The van der Waals surface area contributed by atoms with Crippen LogP contribution in [0, 0.1) is 0 Å². The van der Waals surface area contributed by atoms with Crippen molar-refractivity contribution in [1.29, 1.82) is 0 Å². The van der Waals surface area contributed by atoms with Gasteiger partial charge in [-0.2, -0.15) is 0 Å². The van der Waals surface area contributed by atoms with Gasteiger partial charge in [0.1, 0.15) is 0 Å². The van der Waals surface area contributed by atoms with E-state index < -0.39 is 0 Å². The van der Waals surface area contributed by atoms with Crippen LogP contribution in [0.4, 0.5) is 17.1 Å². The first-order valence-electron chi connectivity index (χ1n) is 19.0. The molecule has 1 aliphatic carbocycles. The molecule has 1 heteroatoms. The average molecular weight is 666 g/mol. The topological polar surface area (TPSA) is 3.24 Å². The molecule has 0 aromatic heterocycles. The van der Waals surface area contributed by atoms with Crippen molar-refractivity contribution in [3.63, 3.8) is 0 Å². The maximum Gasteiger partial charge on any atom is 0.0629 e. The van der Waals surface area contributed by atoms with Gasteiger partial charge in [-0.1, -0.05) is 147 Å². The van der Waals surface area contributed by atoms with Crippen LogP contribution in [0.3, 0.4) is 0 Å². The molecule has 52 heavy (non-hydrogen) atoms. The SMILES string of the molecule is [2H]/C(=C(/[2H])c1ccc2c(ccc3cc(N(c4ccccc4)c4ccccc4)ccc32)c1)c1ccc(-c2cc3c4c(ccc5cccc(c54)C3(C)C)c2)cc1. The summed E-state index contributed by atoms with van der Waals surface area (Å²) in [6, 6.07) is 62.3. The number of hydrogen-bond donors (Lipinski definition) is 0. The summed E-state index contributed by atoms with van der Waals surface area (Å²) >= 11 is 0. The molecule has 246 valence electrons. The molecular formula is C51H37N. The van der Waals surface area contributed by atoms with Crippen molar-refractivity contribution >= 4 is 72.3 Å². The standard InChI is InChI=1S/C51H37N/c1-51(2)47-15-9-10-37-23-26-40-31-41(33-48(51)50(40)49(37)47)36-21-18-34(19-22-36)16-17-35-20-28-45-38(30-35)24-25-39-32-44(27-29-46(39)45)52(42-11-5-3-6-12-42)43-13-7-4-8-14-43/h3-33H,1-2H3/b17-16+/i16D,17D. The van der Waals surface area contributed by atoms with Gasteiger partial charge >= 0.3 is 0 Å². The highest BCUT2D eigenvalue weighted by Crippen LogP contribution is 2.50. The summed E-state index contributed by atoms with van der Waals surface area (Å²) in [7, 11) is 0. The monoisotopic (exact) mass is 665 g/mol. The fourth-order valence-corrected chi connectivity index (χ4v) is 8.34. The summed E-state index contributed by atoms with van der Waals surface area (Å²) in [4.78, 5) is 2.28. The Labute approximate surface area is 307 Å². The van der Waals surface area contributed by atoms with E-state index in [2.05, 4.69) is 158 Å². The van der Waals surface area contributed by atoms with Crippen molar-refractivity contribution in [2.45, 2.75) is 19.3 Å². The van der Waals surface area contributed by atoms with Crippen LogP contribution in [0.2, 0.25) is 0 Å². The van der Waals surface area contributed by atoms with Crippen LogP contribution < -0.4 is 4.90 Å². The van der Waals surface area contributed by atoms with Gasteiger partial charge in [-0.05, 0) is 131 Å². The number of para-hydroxylation sites is 2. The van der Waals surface area contributed by atoms with Crippen LogP contribution >= 0.6 is 0 Å². The van der Waals surface area contributed by atoms with E-state index in [1.54, 1.807) is 0 Å². The molecular weight excluding hydrogens is 627 g/mol. The Hall–Kier alpha value is -6.44. The number of hydrogen-bond acceptors (Lipinski definition) is 1. The highest BCUT2D eigenvalue weighted by atomic mass is 15.1. The lowest BCUT2D eigenvalue weighted by Gasteiger charge is -2.25. The summed E-state index contributed by atoms with van der Waals surface area (Å²) in [5.74, 6) is 0. The molecule has 9 aromatic carbocycles. The summed E-state index contributed by atoms with van der Waals surface area (Å²) < 4.78 is 18.1.